The fourth-order valence-electron chi connectivity index (χ4n) is 2.49. The highest BCUT2D eigenvalue weighted by Crippen LogP contribution is 2.28. The molecule has 0 aliphatic carbocycles. The van der Waals surface area contributed by atoms with E-state index in [0.29, 0.717) is 5.75 Å². The smallest absolute Gasteiger partial charge is 0.0574 e. The maximum atomic E-state index is 12.4. The Morgan fingerprint density at radius 3 is 2.74 bits per heavy atom. The van der Waals surface area contributed by atoms with E-state index in [0.717, 1.165) is 23.4 Å². The summed E-state index contributed by atoms with van der Waals surface area (Å²) >= 11 is 0. The van der Waals surface area contributed by atoms with Crippen LogP contribution in [0.1, 0.15) is 11.1 Å². The van der Waals surface area contributed by atoms with Crippen molar-refractivity contribution in [3.63, 3.8) is 0 Å². The number of rotatable bonds is 3. The summed E-state index contributed by atoms with van der Waals surface area (Å²) in [7, 11) is 1.15. The van der Waals surface area contributed by atoms with Crippen LogP contribution in [0, 0.1) is 0 Å². The van der Waals surface area contributed by atoms with E-state index < -0.39 is 10.8 Å². The van der Waals surface area contributed by atoms with Crippen LogP contribution in [0.15, 0.2) is 53.4 Å². The third-order valence-corrected chi connectivity index (χ3v) is 4.96. The maximum Gasteiger partial charge on any atom is 0.0574 e. The molecule has 0 bridgehead atoms. The third kappa shape index (κ3) is 2.56. The predicted octanol–water partition coefficient (Wildman–Crippen LogP) is 2.99. The molecule has 2 aromatic carbocycles. The molecular formula is C16H17NOS. The maximum absolute atomic E-state index is 12.4. The van der Waals surface area contributed by atoms with Gasteiger partial charge in [0.15, 0.2) is 0 Å². The average Bonchev–Trinajstić information content (AvgIpc) is 2.81. The number of hydrogen-bond acceptors (Lipinski definition) is 2. The standard InChI is InChI=1S/C16H17NOS/c1-17-10-9-14-11-15(7-8-16(14)17)19(18)12-13-5-3-2-4-6-13/h2-8,11H,9-10,12H2,1H3. The average molecular weight is 271 g/mol. The highest BCUT2D eigenvalue weighted by Gasteiger charge is 2.17. The minimum absolute atomic E-state index is 0.593. The van der Waals surface area contributed by atoms with Crippen LogP contribution in [0.25, 0.3) is 0 Å². The van der Waals surface area contributed by atoms with Crippen molar-refractivity contribution in [3.8, 4) is 0 Å². The first-order chi connectivity index (χ1) is 9.24. The number of benzene rings is 2. The highest BCUT2D eigenvalue weighted by atomic mass is 32.2. The molecule has 0 N–H and O–H groups in total. The van der Waals surface area contributed by atoms with Crippen molar-refractivity contribution >= 4 is 16.5 Å². The summed E-state index contributed by atoms with van der Waals surface area (Å²) in [6, 6.07) is 16.2. The zero-order chi connectivity index (χ0) is 13.2. The largest absolute Gasteiger partial charge is 0.374 e. The van der Waals surface area contributed by atoms with Gasteiger partial charge in [-0.2, -0.15) is 0 Å². The second-order valence-corrected chi connectivity index (χ2v) is 6.39. The van der Waals surface area contributed by atoms with E-state index in [1.54, 1.807) is 0 Å². The Morgan fingerprint density at radius 2 is 1.95 bits per heavy atom. The van der Waals surface area contributed by atoms with Crippen LogP contribution in [0.3, 0.4) is 0 Å². The number of fused-ring (bicyclic) bond motifs is 1. The minimum atomic E-state index is -0.957. The molecule has 0 fully saturated rings. The monoisotopic (exact) mass is 271 g/mol. The van der Waals surface area contributed by atoms with Gasteiger partial charge in [0.25, 0.3) is 0 Å². The molecule has 0 saturated heterocycles. The number of likely N-dealkylation sites (N-methyl/N-ethyl adjacent to an activating group) is 1. The third-order valence-electron chi connectivity index (χ3n) is 3.58. The van der Waals surface area contributed by atoms with Gasteiger partial charge < -0.3 is 4.90 Å². The van der Waals surface area contributed by atoms with E-state index in [1.165, 1.54) is 11.3 Å². The van der Waals surface area contributed by atoms with Crippen LogP contribution >= 0.6 is 0 Å². The normalized spacial score (nSPS) is 15.3. The molecule has 1 heterocycles. The molecule has 19 heavy (non-hydrogen) atoms. The SMILES string of the molecule is CN1CCc2cc(S(=O)Cc3ccccc3)ccc21. The summed E-state index contributed by atoms with van der Waals surface area (Å²) in [4.78, 5) is 3.19. The van der Waals surface area contributed by atoms with Crippen LogP contribution in [0.4, 0.5) is 5.69 Å². The molecule has 1 unspecified atom stereocenters. The Hall–Kier alpha value is -1.61. The lowest BCUT2D eigenvalue weighted by Gasteiger charge is -2.12. The Morgan fingerprint density at radius 1 is 1.16 bits per heavy atom. The molecular weight excluding hydrogens is 254 g/mol. The van der Waals surface area contributed by atoms with Crippen molar-refractivity contribution in [2.45, 2.75) is 17.1 Å². The van der Waals surface area contributed by atoms with Gasteiger partial charge in [0.1, 0.15) is 0 Å². The molecule has 0 saturated carbocycles. The van der Waals surface area contributed by atoms with E-state index >= 15 is 0 Å². The number of nitrogens with zero attached hydrogens (tertiary/aromatic N) is 1. The van der Waals surface area contributed by atoms with Crippen LogP contribution in [0.5, 0.6) is 0 Å². The van der Waals surface area contributed by atoms with E-state index in [-0.39, 0.29) is 0 Å². The molecule has 3 rings (SSSR count). The molecule has 2 aromatic rings. The molecule has 0 aromatic heterocycles. The molecule has 3 heteroatoms. The lowest BCUT2D eigenvalue weighted by molar-refractivity contribution is 0.682. The molecule has 0 spiro atoms. The first-order valence-electron chi connectivity index (χ1n) is 6.50. The number of anilines is 1. The van der Waals surface area contributed by atoms with Crippen LogP contribution in [-0.2, 0) is 23.0 Å². The Balaban J connectivity index is 1.81. The highest BCUT2D eigenvalue weighted by molar-refractivity contribution is 7.84. The van der Waals surface area contributed by atoms with Gasteiger partial charge in [0.2, 0.25) is 0 Å². The fraction of sp³-hybridized carbons (Fsp3) is 0.250. The van der Waals surface area contributed by atoms with Crippen molar-refractivity contribution in [1.82, 2.24) is 0 Å². The van der Waals surface area contributed by atoms with Gasteiger partial charge >= 0.3 is 0 Å². The molecule has 0 amide bonds. The van der Waals surface area contributed by atoms with Gasteiger partial charge in [0.05, 0.1) is 16.6 Å². The van der Waals surface area contributed by atoms with Gasteiger partial charge in [-0.3, -0.25) is 4.21 Å². The van der Waals surface area contributed by atoms with Gasteiger partial charge in [0, 0.05) is 24.2 Å². The second kappa shape index (κ2) is 5.17. The molecule has 1 atom stereocenters. The number of hydrogen-bond donors (Lipinski definition) is 0. The topological polar surface area (TPSA) is 20.3 Å². The van der Waals surface area contributed by atoms with Gasteiger partial charge in [-0.25, -0.2) is 0 Å². The van der Waals surface area contributed by atoms with Gasteiger partial charge in [-0.15, -0.1) is 0 Å². The summed E-state index contributed by atoms with van der Waals surface area (Å²) in [6.07, 6.45) is 1.06. The van der Waals surface area contributed by atoms with Crippen molar-refractivity contribution in [2.75, 3.05) is 18.5 Å². The van der Waals surface area contributed by atoms with Crippen molar-refractivity contribution < 1.29 is 4.21 Å². The summed E-state index contributed by atoms with van der Waals surface area (Å²) in [6.45, 7) is 1.06. The molecule has 1 aliphatic heterocycles. The van der Waals surface area contributed by atoms with Crippen LogP contribution in [0.2, 0.25) is 0 Å². The zero-order valence-corrected chi connectivity index (χ0v) is 11.8. The Labute approximate surface area is 116 Å². The zero-order valence-electron chi connectivity index (χ0n) is 11.0. The molecule has 2 nitrogen and oxygen atoms in total. The summed E-state index contributed by atoms with van der Waals surface area (Å²) in [5, 5.41) is 0. The molecule has 98 valence electrons. The van der Waals surface area contributed by atoms with Gasteiger partial charge in [-0.05, 0) is 35.7 Å². The molecule has 0 radical (unpaired) electrons. The van der Waals surface area contributed by atoms with Crippen molar-refractivity contribution in [3.05, 3.63) is 59.7 Å². The van der Waals surface area contributed by atoms with Crippen molar-refractivity contribution in [1.29, 1.82) is 0 Å². The first-order valence-corrected chi connectivity index (χ1v) is 7.82. The van der Waals surface area contributed by atoms with E-state index in [1.807, 2.05) is 36.4 Å². The minimum Gasteiger partial charge on any atom is -0.374 e. The second-order valence-electron chi connectivity index (χ2n) is 4.94. The predicted molar refractivity (Wildman–Crippen MR) is 80.0 cm³/mol. The van der Waals surface area contributed by atoms with Gasteiger partial charge in [-0.1, -0.05) is 30.3 Å². The van der Waals surface area contributed by atoms with Crippen molar-refractivity contribution in [2.24, 2.45) is 0 Å². The fourth-order valence-corrected chi connectivity index (χ4v) is 3.65. The van der Waals surface area contributed by atoms with Crippen LogP contribution < -0.4 is 4.90 Å². The van der Waals surface area contributed by atoms with Crippen LogP contribution in [-0.4, -0.2) is 17.8 Å². The first kappa shape index (κ1) is 12.4. The Kier molecular flexibility index (Phi) is 3.38. The quantitative estimate of drug-likeness (QED) is 0.855. The Bertz CT molecular complexity index is 609. The lowest BCUT2D eigenvalue weighted by atomic mass is 10.2. The van der Waals surface area contributed by atoms with E-state index in [9.17, 15) is 4.21 Å². The summed E-state index contributed by atoms with van der Waals surface area (Å²) in [5.41, 5.74) is 3.72. The van der Waals surface area contributed by atoms with E-state index in [4.69, 9.17) is 0 Å². The van der Waals surface area contributed by atoms with E-state index in [2.05, 4.69) is 24.1 Å². The molecule has 1 aliphatic rings. The summed E-state index contributed by atoms with van der Waals surface area (Å²) in [5.74, 6) is 0.593. The summed E-state index contributed by atoms with van der Waals surface area (Å²) < 4.78 is 12.4. The lowest BCUT2D eigenvalue weighted by Crippen LogP contribution is -2.12.